The molecule has 1 aliphatic carbocycles. The highest BCUT2D eigenvalue weighted by atomic mass is 15.3. The minimum absolute atomic E-state index is 0.515. The number of nitrogens with zero attached hydrogens (tertiary/aromatic N) is 4. The monoisotopic (exact) mass is 354 g/mol. The van der Waals surface area contributed by atoms with Gasteiger partial charge in [-0.25, -0.2) is 4.99 Å². The Morgan fingerprint density at radius 1 is 1.19 bits per heavy atom. The van der Waals surface area contributed by atoms with Crippen molar-refractivity contribution in [3.05, 3.63) is 46.5 Å². The summed E-state index contributed by atoms with van der Waals surface area (Å²) < 4.78 is 2.00. The summed E-state index contributed by atoms with van der Waals surface area (Å²) in [7, 11) is 1.99. The standard InChI is InChI=1S/C20H30N6/c1-14-9-10-17(15(2)11-14)12-21-20(23-18-7-5-6-8-18)22-13-19-25-24-16(3)26(19)4/h9-11,18H,5-8,12-13H2,1-4H3,(H2,21,22,23). The molecular weight excluding hydrogens is 324 g/mol. The quantitative estimate of drug-likeness (QED) is 0.640. The summed E-state index contributed by atoms with van der Waals surface area (Å²) in [6, 6.07) is 7.05. The molecule has 6 nitrogen and oxygen atoms in total. The predicted molar refractivity (Wildman–Crippen MR) is 105 cm³/mol. The molecule has 26 heavy (non-hydrogen) atoms. The highest BCUT2D eigenvalue weighted by molar-refractivity contribution is 5.80. The normalized spacial score (nSPS) is 15.5. The van der Waals surface area contributed by atoms with Crippen LogP contribution in [0.15, 0.2) is 23.2 Å². The molecule has 1 fully saturated rings. The van der Waals surface area contributed by atoms with Gasteiger partial charge in [-0.05, 0) is 44.7 Å². The van der Waals surface area contributed by atoms with Gasteiger partial charge in [-0.1, -0.05) is 36.6 Å². The Balaban J connectivity index is 1.70. The summed E-state index contributed by atoms with van der Waals surface area (Å²) in [4.78, 5) is 4.84. The Bertz CT molecular complexity index is 771. The number of benzene rings is 1. The molecule has 1 heterocycles. The fraction of sp³-hybridized carbons (Fsp3) is 0.550. The van der Waals surface area contributed by atoms with Crippen molar-refractivity contribution < 1.29 is 0 Å². The van der Waals surface area contributed by atoms with Gasteiger partial charge in [0.1, 0.15) is 5.82 Å². The van der Waals surface area contributed by atoms with Gasteiger partial charge in [0.15, 0.2) is 11.8 Å². The van der Waals surface area contributed by atoms with Gasteiger partial charge in [0, 0.05) is 13.1 Å². The van der Waals surface area contributed by atoms with Gasteiger partial charge >= 0.3 is 0 Å². The number of aliphatic imine (C=N–C) groups is 1. The summed E-state index contributed by atoms with van der Waals surface area (Å²) in [5.41, 5.74) is 3.84. The first-order valence-electron chi connectivity index (χ1n) is 9.49. The maximum Gasteiger partial charge on any atom is 0.192 e. The third-order valence-corrected chi connectivity index (χ3v) is 5.20. The van der Waals surface area contributed by atoms with Crippen molar-refractivity contribution in [2.75, 3.05) is 0 Å². The van der Waals surface area contributed by atoms with Crippen LogP contribution in [0.3, 0.4) is 0 Å². The summed E-state index contributed by atoms with van der Waals surface area (Å²) in [6.07, 6.45) is 5.02. The molecule has 0 atom stereocenters. The predicted octanol–water partition coefficient (Wildman–Crippen LogP) is 2.92. The molecule has 0 aliphatic heterocycles. The van der Waals surface area contributed by atoms with Crippen LogP contribution in [0.5, 0.6) is 0 Å². The van der Waals surface area contributed by atoms with Crippen LogP contribution in [-0.2, 0) is 20.1 Å². The Kier molecular flexibility index (Phi) is 5.91. The topological polar surface area (TPSA) is 67.1 Å². The fourth-order valence-corrected chi connectivity index (χ4v) is 3.37. The number of guanidine groups is 1. The van der Waals surface area contributed by atoms with E-state index in [2.05, 4.69) is 52.9 Å². The van der Waals surface area contributed by atoms with Crippen LogP contribution in [0.1, 0.15) is 54.0 Å². The lowest BCUT2D eigenvalue weighted by atomic mass is 10.1. The van der Waals surface area contributed by atoms with Crippen molar-refractivity contribution >= 4 is 5.96 Å². The molecule has 1 aromatic heterocycles. The second-order valence-corrected chi connectivity index (χ2v) is 7.30. The minimum Gasteiger partial charge on any atom is -0.354 e. The van der Waals surface area contributed by atoms with Gasteiger partial charge in [-0.3, -0.25) is 0 Å². The van der Waals surface area contributed by atoms with E-state index in [0.29, 0.717) is 19.1 Å². The average Bonchev–Trinajstić information content (AvgIpc) is 3.23. The first-order chi connectivity index (χ1) is 12.5. The van der Waals surface area contributed by atoms with Gasteiger partial charge in [-0.15, -0.1) is 10.2 Å². The third kappa shape index (κ3) is 4.62. The molecule has 6 heteroatoms. The van der Waals surface area contributed by atoms with Crippen LogP contribution < -0.4 is 10.6 Å². The van der Waals surface area contributed by atoms with E-state index in [-0.39, 0.29) is 0 Å². The van der Waals surface area contributed by atoms with Crippen LogP contribution in [0.25, 0.3) is 0 Å². The second-order valence-electron chi connectivity index (χ2n) is 7.30. The lowest BCUT2D eigenvalue weighted by molar-refractivity contribution is 0.606. The lowest BCUT2D eigenvalue weighted by Gasteiger charge is -2.17. The molecule has 0 bridgehead atoms. The Morgan fingerprint density at radius 2 is 1.96 bits per heavy atom. The molecule has 1 aliphatic rings. The van der Waals surface area contributed by atoms with Crippen LogP contribution in [0, 0.1) is 20.8 Å². The SMILES string of the molecule is Cc1ccc(CN=C(NCc2nnc(C)n2C)NC2CCCC2)c(C)c1. The smallest absolute Gasteiger partial charge is 0.192 e. The summed E-state index contributed by atoms with van der Waals surface area (Å²) in [5.74, 6) is 2.69. The van der Waals surface area contributed by atoms with E-state index in [4.69, 9.17) is 4.99 Å². The Hall–Kier alpha value is -2.37. The van der Waals surface area contributed by atoms with Crippen molar-refractivity contribution in [3.63, 3.8) is 0 Å². The van der Waals surface area contributed by atoms with Crippen molar-refractivity contribution in [1.82, 2.24) is 25.4 Å². The molecule has 0 amide bonds. The first-order valence-corrected chi connectivity index (χ1v) is 9.49. The lowest BCUT2D eigenvalue weighted by Crippen LogP contribution is -2.42. The van der Waals surface area contributed by atoms with Crippen LogP contribution >= 0.6 is 0 Å². The largest absolute Gasteiger partial charge is 0.354 e. The molecule has 1 aromatic carbocycles. The first kappa shape index (κ1) is 18.4. The van der Waals surface area contributed by atoms with Crippen LogP contribution in [0.4, 0.5) is 0 Å². The van der Waals surface area contributed by atoms with E-state index in [0.717, 1.165) is 17.6 Å². The minimum atomic E-state index is 0.515. The summed E-state index contributed by atoms with van der Waals surface area (Å²) in [6.45, 7) is 7.52. The third-order valence-electron chi connectivity index (χ3n) is 5.20. The zero-order valence-electron chi connectivity index (χ0n) is 16.3. The van der Waals surface area contributed by atoms with E-state index in [1.54, 1.807) is 0 Å². The number of nitrogens with one attached hydrogen (secondary N) is 2. The molecule has 0 saturated heterocycles. The van der Waals surface area contributed by atoms with Crippen molar-refractivity contribution in [1.29, 1.82) is 0 Å². The maximum atomic E-state index is 4.84. The fourth-order valence-electron chi connectivity index (χ4n) is 3.37. The molecule has 2 N–H and O–H groups in total. The highest BCUT2D eigenvalue weighted by Gasteiger charge is 2.16. The second kappa shape index (κ2) is 8.34. The summed E-state index contributed by atoms with van der Waals surface area (Å²) >= 11 is 0. The Morgan fingerprint density at radius 3 is 2.62 bits per heavy atom. The number of hydrogen-bond acceptors (Lipinski definition) is 3. The maximum absolute atomic E-state index is 4.84. The Labute approximate surface area is 156 Å². The van der Waals surface area contributed by atoms with Gasteiger partial charge in [-0.2, -0.15) is 0 Å². The molecular formula is C20H30N6. The van der Waals surface area contributed by atoms with E-state index in [1.807, 2.05) is 18.5 Å². The van der Waals surface area contributed by atoms with Crippen LogP contribution in [0.2, 0.25) is 0 Å². The molecule has 0 spiro atoms. The molecule has 2 aromatic rings. The van der Waals surface area contributed by atoms with Crippen molar-refractivity contribution in [3.8, 4) is 0 Å². The molecule has 0 radical (unpaired) electrons. The zero-order chi connectivity index (χ0) is 18.5. The highest BCUT2D eigenvalue weighted by Crippen LogP contribution is 2.17. The van der Waals surface area contributed by atoms with Gasteiger partial charge in [0.25, 0.3) is 0 Å². The molecule has 140 valence electrons. The number of aromatic nitrogens is 3. The summed E-state index contributed by atoms with van der Waals surface area (Å²) in [5, 5.41) is 15.4. The number of hydrogen-bond donors (Lipinski definition) is 2. The molecule has 3 rings (SSSR count). The van der Waals surface area contributed by atoms with E-state index >= 15 is 0 Å². The van der Waals surface area contributed by atoms with E-state index < -0.39 is 0 Å². The van der Waals surface area contributed by atoms with Gasteiger partial charge < -0.3 is 15.2 Å². The number of aryl methyl sites for hydroxylation is 3. The van der Waals surface area contributed by atoms with E-state index in [9.17, 15) is 0 Å². The molecule has 1 saturated carbocycles. The zero-order valence-corrected chi connectivity index (χ0v) is 16.3. The number of rotatable bonds is 5. The molecule has 0 unspecified atom stereocenters. The van der Waals surface area contributed by atoms with E-state index in [1.165, 1.54) is 42.4 Å². The van der Waals surface area contributed by atoms with Gasteiger partial charge in [0.2, 0.25) is 0 Å². The van der Waals surface area contributed by atoms with Crippen molar-refractivity contribution in [2.24, 2.45) is 12.0 Å². The van der Waals surface area contributed by atoms with Gasteiger partial charge in [0.05, 0.1) is 13.1 Å². The van der Waals surface area contributed by atoms with Crippen LogP contribution in [-0.4, -0.2) is 26.8 Å². The average molecular weight is 355 g/mol. The van der Waals surface area contributed by atoms with Crippen molar-refractivity contribution in [2.45, 2.75) is 65.6 Å².